The second-order valence-corrected chi connectivity index (χ2v) is 4.08. The summed E-state index contributed by atoms with van der Waals surface area (Å²) >= 11 is 0. The second kappa shape index (κ2) is 9.16. The molecule has 1 rings (SSSR count). The highest BCUT2D eigenvalue weighted by Gasteiger charge is 2.05. The number of unbranched alkanes of at least 4 members (excludes halogenated alkanes) is 1. The summed E-state index contributed by atoms with van der Waals surface area (Å²) < 4.78 is 10.8. The molecule has 0 radical (unpaired) electrons. The molecule has 0 heterocycles. The van der Waals surface area contributed by atoms with Crippen LogP contribution in [0.1, 0.15) is 25.3 Å². The lowest BCUT2D eigenvalue weighted by Crippen LogP contribution is -2.10. The van der Waals surface area contributed by atoms with Gasteiger partial charge in [0.05, 0.1) is 19.8 Å². The summed E-state index contributed by atoms with van der Waals surface area (Å²) in [5, 5.41) is 12.2. The van der Waals surface area contributed by atoms with E-state index < -0.39 is 0 Å². The van der Waals surface area contributed by atoms with Crippen LogP contribution in [0.4, 0.5) is 0 Å². The van der Waals surface area contributed by atoms with Gasteiger partial charge in [-0.15, -0.1) is 6.58 Å². The summed E-state index contributed by atoms with van der Waals surface area (Å²) in [4.78, 5) is 0. The van der Waals surface area contributed by atoms with E-state index in [2.05, 4.69) is 18.7 Å². The van der Waals surface area contributed by atoms with Crippen molar-refractivity contribution in [3.8, 4) is 5.75 Å². The molecule has 1 aromatic carbocycles. The van der Waals surface area contributed by atoms with Gasteiger partial charge in [0, 0.05) is 5.56 Å². The largest absolute Gasteiger partial charge is 0.494 e. The summed E-state index contributed by atoms with van der Waals surface area (Å²) in [6, 6.07) is 7.44. The fourth-order valence-electron chi connectivity index (χ4n) is 1.49. The first kappa shape index (κ1) is 15.2. The van der Waals surface area contributed by atoms with Crippen molar-refractivity contribution in [3.05, 3.63) is 42.5 Å². The first-order valence-corrected chi connectivity index (χ1v) is 6.44. The van der Waals surface area contributed by atoms with Gasteiger partial charge in [-0.2, -0.15) is 0 Å². The van der Waals surface area contributed by atoms with Gasteiger partial charge in [-0.25, -0.2) is 0 Å². The molecule has 0 spiro atoms. The van der Waals surface area contributed by atoms with Gasteiger partial charge in [-0.3, -0.25) is 0 Å². The van der Waals surface area contributed by atoms with Gasteiger partial charge in [0.25, 0.3) is 0 Å². The van der Waals surface area contributed by atoms with E-state index in [0.717, 1.165) is 30.8 Å². The van der Waals surface area contributed by atoms with Gasteiger partial charge in [0.1, 0.15) is 11.5 Å². The Balaban J connectivity index is 2.55. The average molecular weight is 263 g/mol. The summed E-state index contributed by atoms with van der Waals surface area (Å²) in [7, 11) is 0. The van der Waals surface area contributed by atoms with Crippen LogP contribution in [-0.4, -0.2) is 30.7 Å². The minimum absolute atomic E-state index is 0.249. The van der Waals surface area contributed by atoms with E-state index in [1.54, 1.807) is 6.08 Å². The zero-order valence-corrected chi connectivity index (χ0v) is 11.3. The topological polar surface area (TPSA) is 51.0 Å². The fraction of sp³-hybridized carbons (Fsp3) is 0.400. The summed E-state index contributed by atoms with van der Waals surface area (Å²) in [6.07, 6.45) is 3.81. The summed E-state index contributed by atoms with van der Waals surface area (Å²) in [6.45, 7) is 7.08. The van der Waals surface area contributed by atoms with Crippen molar-refractivity contribution < 1.29 is 14.7 Å². The lowest BCUT2D eigenvalue weighted by molar-refractivity contribution is 0.200. The Bertz CT molecular complexity index is 398. The van der Waals surface area contributed by atoms with E-state index >= 15 is 0 Å². The van der Waals surface area contributed by atoms with Gasteiger partial charge in [0.2, 0.25) is 0 Å². The molecule has 4 heteroatoms. The number of hydrogen-bond donors (Lipinski definition) is 1. The second-order valence-electron chi connectivity index (χ2n) is 4.08. The average Bonchev–Trinajstić information content (AvgIpc) is 2.45. The molecule has 0 saturated heterocycles. The maximum atomic E-state index is 8.97. The standard InChI is InChI=1S/C15H21NO3/c1-3-5-11-19-14-8-6-13(7-9-14)15(16-17)12-18-10-4-2/h4,6-9,17H,2-3,5,10-12H2,1H3/b16-15+. The molecule has 0 aromatic heterocycles. The van der Waals surface area contributed by atoms with E-state index in [0.29, 0.717) is 12.3 Å². The minimum atomic E-state index is 0.249. The summed E-state index contributed by atoms with van der Waals surface area (Å²) in [5.41, 5.74) is 1.30. The van der Waals surface area contributed by atoms with Gasteiger partial charge >= 0.3 is 0 Å². The molecule has 1 aromatic rings. The normalized spacial score (nSPS) is 11.3. The molecule has 0 aliphatic rings. The Morgan fingerprint density at radius 1 is 1.37 bits per heavy atom. The first-order valence-electron chi connectivity index (χ1n) is 6.44. The highest BCUT2D eigenvalue weighted by molar-refractivity contribution is 6.01. The van der Waals surface area contributed by atoms with Crippen LogP contribution in [0.25, 0.3) is 0 Å². The van der Waals surface area contributed by atoms with Crippen LogP contribution in [0.15, 0.2) is 42.1 Å². The van der Waals surface area contributed by atoms with E-state index in [-0.39, 0.29) is 6.61 Å². The third-order valence-corrected chi connectivity index (χ3v) is 2.55. The smallest absolute Gasteiger partial charge is 0.119 e. The highest BCUT2D eigenvalue weighted by Crippen LogP contribution is 2.13. The SMILES string of the molecule is C=CCOC/C(=N\O)c1ccc(OCCCC)cc1. The van der Waals surface area contributed by atoms with E-state index in [9.17, 15) is 0 Å². The summed E-state index contributed by atoms with van der Waals surface area (Å²) in [5.74, 6) is 0.821. The first-order chi connectivity index (χ1) is 9.31. The number of nitrogens with zero attached hydrogens (tertiary/aromatic N) is 1. The van der Waals surface area contributed by atoms with Gasteiger partial charge in [-0.05, 0) is 30.7 Å². The van der Waals surface area contributed by atoms with E-state index in [1.807, 2.05) is 24.3 Å². The molecule has 19 heavy (non-hydrogen) atoms. The van der Waals surface area contributed by atoms with Crippen molar-refractivity contribution in [1.29, 1.82) is 0 Å². The minimum Gasteiger partial charge on any atom is -0.494 e. The zero-order valence-electron chi connectivity index (χ0n) is 11.3. The van der Waals surface area contributed by atoms with Crippen molar-refractivity contribution >= 4 is 5.71 Å². The van der Waals surface area contributed by atoms with Crippen molar-refractivity contribution in [2.75, 3.05) is 19.8 Å². The van der Waals surface area contributed by atoms with Gasteiger partial charge < -0.3 is 14.7 Å². The Kier molecular flexibility index (Phi) is 7.35. The number of rotatable bonds is 9. The maximum Gasteiger partial charge on any atom is 0.119 e. The Morgan fingerprint density at radius 3 is 2.68 bits per heavy atom. The molecule has 0 bridgehead atoms. The lowest BCUT2D eigenvalue weighted by Gasteiger charge is -2.08. The Hall–Kier alpha value is -1.81. The fourth-order valence-corrected chi connectivity index (χ4v) is 1.49. The van der Waals surface area contributed by atoms with Crippen LogP contribution >= 0.6 is 0 Å². The number of oxime groups is 1. The highest BCUT2D eigenvalue weighted by atomic mass is 16.5. The molecule has 0 unspecified atom stereocenters. The molecule has 0 saturated carbocycles. The van der Waals surface area contributed by atoms with Crippen LogP contribution in [0.2, 0.25) is 0 Å². The number of ether oxygens (including phenoxy) is 2. The molecule has 0 atom stereocenters. The van der Waals surface area contributed by atoms with E-state index in [1.165, 1.54) is 0 Å². The molecular weight excluding hydrogens is 242 g/mol. The van der Waals surface area contributed by atoms with Crippen LogP contribution < -0.4 is 4.74 Å². The zero-order chi connectivity index (χ0) is 13.9. The number of benzene rings is 1. The molecule has 0 aliphatic heterocycles. The quantitative estimate of drug-likeness (QED) is 0.245. The Labute approximate surface area is 114 Å². The third kappa shape index (κ3) is 5.57. The van der Waals surface area contributed by atoms with Crippen molar-refractivity contribution in [2.45, 2.75) is 19.8 Å². The maximum absolute atomic E-state index is 8.97. The monoisotopic (exact) mass is 263 g/mol. The van der Waals surface area contributed by atoms with Crippen molar-refractivity contribution in [1.82, 2.24) is 0 Å². The van der Waals surface area contributed by atoms with Crippen LogP contribution in [-0.2, 0) is 4.74 Å². The predicted octanol–water partition coefficient (Wildman–Crippen LogP) is 3.25. The molecule has 4 nitrogen and oxygen atoms in total. The van der Waals surface area contributed by atoms with Gasteiger partial charge in [-0.1, -0.05) is 24.6 Å². The van der Waals surface area contributed by atoms with Crippen LogP contribution in [0.5, 0.6) is 5.75 Å². The lowest BCUT2D eigenvalue weighted by atomic mass is 10.1. The van der Waals surface area contributed by atoms with Crippen LogP contribution in [0.3, 0.4) is 0 Å². The molecule has 0 fully saturated rings. The predicted molar refractivity (Wildman–Crippen MR) is 76.2 cm³/mol. The Morgan fingerprint density at radius 2 is 2.11 bits per heavy atom. The molecular formula is C15H21NO3. The molecule has 104 valence electrons. The molecule has 1 N–H and O–H groups in total. The molecule has 0 amide bonds. The van der Waals surface area contributed by atoms with Gasteiger partial charge in [0.15, 0.2) is 0 Å². The third-order valence-electron chi connectivity index (χ3n) is 2.55. The molecule has 0 aliphatic carbocycles. The van der Waals surface area contributed by atoms with Crippen LogP contribution in [0, 0.1) is 0 Å². The number of hydrogen-bond acceptors (Lipinski definition) is 4. The van der Waals surface area contributed by atoms with Crippen molar-refractivity contribution in [3.63, 3.8) is 0 Å². The van der Waals surface area contributed by atoms with E-state index in [4.69, 9.17) is 14.7 Å². The van der Waals surface area contributed by atoms with Crippen molar-refractivity contribution in [2.24, 2.45) is 5.16 Å².